The lowest BCUT2D eigenvalue weighted by Gasteiger charge is -2.32. The van der Waals surface area contributed by atoms with Crippen LogP contribution in [0, 0.1) is 0 Å². The highest BCUT2D eigenvalue weighted by atomic mass is 16.5. The Hall–Kier alpha value is -2.50. The number of carbonyl (C=O) groups is 1. The normalized spacial score (nSPS) is 17.5. The second-order valence-electron chi connectivity index (χ2n) is 5.99. The third kappa shape index (κ3) is 4.28. The van der Waals surface area contributed by atoms with Gasteiger partial charge in [0, 0.05) is 31.3 Å². The molecule has 0 N–H and O–H groups in total. The Morgan fingerprint density at radius 2 is 2.12 bits per heavy atom. The molecule has 6 nitrogen and oxygen atoms in total. The van der Waals surface area contributed by atoms with E-state index in [1.807, 2.05) is 17.0 Å². The van der Waals surface area contributed by atoms with Crippen molar-refractivity contribution in [3.8, 4) is 6.01 Å². The number of nitrogens with zero attached hydrogens (tertiary/aromatic N) is 4. The Morgan fingerprint density at radius 3 is 2.83 bits per heavy atom. The summed E-state index contributed by atoms with van der Waals surface area (Å²) in [4.78, 5) is 26.9. The summed E-state index contributed by atoms with van der Waals surface area (Å²) in [7, 11) is 0. The van der Waals surface area contributed by atoms with Crippen LogP contribution in [0.2, 0.25) is 0 Å². The predicted molar refractivity (Wildman–Crippen MR) is 89.6 cm³/mol. The van der Waals surface area contributed by atoms with Gasteiger partial charge in [0.05, 0.1) is 13.0 Å². The van der Waals surface area contributed by atoms with Crippen molar-refractivity contribution in [2.24, 2.45) is 0 Å². The molecule has 2 aromatic heterocycles. The van der Waals surface area contributed by atoms with E-state index in [-0.39, 0.29) is 12.0 Å². The molecule has 1 aliphatic heterocycles. The maximum absolute atomic E-state index is 12.5. The lowest BCUT2D eigenvalue weighted by molar-refractivity contribution is -0.133. The largest absolute Gasteiger partial charge is 0.458 e. The summed E-state index contributed by atoms with van der Waals surface area (Å²) < 4.78 is 5.86. The van der Waals surface area contributed by atoms with E-state index in [4.69, 9.17) is 4.74 Å². The molecule has 6 heteroatoms. The molecule has 0 saturated carbocycles. The molecule has 126 valence electrons. The first-order valence-electron chi connectivity index (χ1n) is 8.39. The average Bonchev–Trinajstić information content (AvgIpc) is 2.63. The first-order valence-corrected chi connectivity index (χ1v) is 8.39. The van der Waals surface area contributed by atoms with Gasteiger partial charge in [-0.15, -0.1) is 0 Å². The summed E-state index contributed by atoms with van der Waals surface area (Å²) in [6.45, 7) is 3.42. The molecule has 1 amide bonds. The van der Waals surface area contributed by atoms with Crippen LogP contribution in [0.1, 0.15) is 30.9 Å². The Kier molecular flexibility index (Phi) is 5.36. The lowest BCUT2D eigenvalue weighted by atomic mass is 10.1. The highest BCUT2D eigenvalue weighted by Crippen LogP contribution is 2.16. The van der Waals surface area contributed by atoms with Gasteiger partial charge in [0.15, 0.2) is 0 Å². The van der Waals surface area contributed by atoms with E-state index in [0.29, 0.717) is 19.0 Å². The van der Waals surface area contributed by atoms with E-state index in [2.05, 4.69) is 21.9 Å². The average molecular weight is 326 g/mol. The molecule has 0 aliphatic carbocycles. The molecule has 0 aromatic carbocycles. The van der Waals surface area contributed by atoms with Crippen molar-refractivity contribution in [3.63, 3.8) is 0 Å². The number of carbonyl (C=O) groups excluding carboxylic acids is 1. The van der Waals surface area contributed by atoms with Crippen LogP contribution in [-0.2, 0) is 17.6 Å². The number of rotatable bonds is 5. The molecule has 2 aromatic rings. The summed E-state index contributed by atoms with van der Waals surface area (Å²) in [6.07, 6.45) is 10.1. The minimum Gasteiger partial charge on any atom is -0.458 e. The molecule has 1 aliphatic rings. The van der Waals surface area contributed by atoms with Crippen LogP contribution in [0.3, 0.4) is 0 Å². The number of pyridine rings is 1. The Balaban J connectivity index is 1.56. The van der Waals surface area contributed by atoms with E-state index in [1.165, 1.54) is 0 Å². The van der Waals surface area contributed by atoms with Crippen molar-refractivity contribution < 1.29 is 9.53 Å². The second kappa shape index (κ2) is 7.86. The van der Waals surface area contributed by atoms with Gasteiger partial charge in [0.25, 0.3) is 0 Å². The molecule has 1 saturated heterocycles. The molecule has 1 unspecified atom stereocenters. The summed E-state index contributed by atoms with van der Waals surface area (Å²) in [5.74, 6) is 0.110. The molecule has 3 heterocycles. The monoisotopic (exact) mass is 326 g/mol. The molecule has 3 rings (SSSR count). The number of likely N-dealkylation sites (tertiary alicyclic amines) is 1. The topological polar surface area (TPSA) is 68.2 Å². The van der Waals surface area contributed by atoms with E-state index < -0.39 is 0 Å². The molecule has 1 atom stereocenters. The van der Waals surface area contributed by atoms with Gasteiger partial charge in [0.1, 0.15) is 6.10 Å². The lowest BCUT2D eigenvalue weighted by Crippen LogP contribution is -2.45. The van der Waals surface area contributed by atoms with Crippen molar-refractivity contribution in [1.82, 2.24) is 19.9 Å². The molecule has 0 radical (unpaired) electrons. The van der Waals surface area contributed by atoms with Gasteiger partial charge >= 0.3 is 6.01 Å². The van der Waals surface area contributed by atoms with Crippen molar-refractivity contribution >= 4 is 5.91 Å². The van der Waals surface area contributed by atoms with Crippen LogP contribution in [-0.4, -0.2) is 45.0 Å². The molecular weight excluding hydrogens is 304 g/mol. The summed E-state index contributed by atoms with van der Waals surface area (Å²) in [5, 5.41) is 0. The van der Waals surface area contributed by atoms with Crippen molar-refractivity contribution in [2.75, 3.05) is 13.1 Å². The van der Waals surface area contributed by atoms with E-state index in [1.54, 1.807) is 24.8 Å². The van der Waals surface area contributed by atoms with Gasteiger partial charge in [-0.05, 0) is 36.5 Å². The molecule has 0 spiro atoms. The van der Waals surface area contributed by atoms with Crippen LogP contribution in [0.4, 0.5) is 0 Å². The van der Waals surface area contributed by atoms with Gasteiger partial charge in [-0.2, -0.15) is 0 Å². The highest BCUT2D eigenvalue weighted by molar-refractivity contribution is 5.78. The SMILES string of the molecule is CCc1cnc(OC2CCCN(C(=O)Cc3cccnc3)C2)nc1. The maximum Gasteiger partial charge on any atom is 0.316 e. The number of aromatic nitrogens is 3. The first-order chi connectivity index (χ1) is 11.7. The van der Waals surface area contributed by atoms with E-state index in [0.717, 1.165) is 36.9 Å². The highest BCUT2D eigenvalue weighted by Gasteiger charge is 2.25. The summed E-state index contributed by atoms with van der Waals surface area (Å²) in [6, 6.07) is 4.16. The number of amides is 1. The van der Waals surface area contributed by atoms with E-state index >= 15 is 0 Å². The quantitative estimate of drug-likeness (QED) is 0.841. The van der Waals surface area contributed by atoms with Crippen LogP contribution in [0.5, 0.6) is 6.01 Å². The Bertz CT molecular complexity index is 660. The molecular formula is C18H22N4O2. The van der Waals surface area contributed by atoms with E-state index in [9.17, 15) is 4.79 Å². The minimum absolute atomic E-state index is 0.0518. The van der Waals surface area contributed by atoms with Crippen LogP contribution >= 0.6 is 0 Å². The van der Waals surface area contributed by atoms with Crippen LogP contribution in [0.15, 0.2) is 36.9 Å². The number of hydrogen-bond acceptors (Lipinski definition) is 5. The summed E-state index contributed by atoms with van der Waals surface area (Å²) >= 11 is 0. The zero-order chi connectivity index (χ0) is 16.8. The first kappa shape index (κ1) is 16.4. The van der Waals surface area contributed by atoms with Gasteiger partial charge in [0.2, 0.25) is 5.91 Å². The zero-order valence-corrected chi connectivity index (χ0v) is 13.9. The van der Waals surface area contributed by atoms with Crippen LogP contribution in [0.25, 0.3) is 0 Å². The predicted octanol–water partition coefficient (Wildman–Crippen LogP) is 2.05. The van der Waals surface area contributed by atoms with Crippen molar-refractivity contribution in [3.05, 3.63) is 48.0 Å². The molecule has 24 heavy (non-hydrogen) atoms. The summed E-state index contributed by atoms with van der Waals surface area (Å²) in [5.41, 5.74) is 2.02. The zero-order valence-electron chi connectivity index (χ0n) is 13.9. The number of hydrogen-bond donors (Lipinski definition) is 0. The fourth-order valence-corrected chi connectivity index (χ4v) is 2.79. The maximum atomic E-state index is 12.5. The minimum atomic E-state index is -0.0518. The Morgan fingerprint density at radius 1 is 1.29 bits per heavy atom. The Labute approximate surface area is 141 Å². The van der Waals surface area contributed by atoms with Crippen molar-refractivity contribution in [2.45, 2.75) is 38.7 Å². The fraction of sp³-hybridized carbons (Fsp3) is 0.444. The molecule has 0 bridgehead atoms. The fourth-order valence-electron chi connectivity index (χ4n) is 2.79. The van der Waals surface area contributed by atoms with Crippen molar-refractivity contribution in [1.29, 1.82) is 0 Å². The van der Waals surface area contributed by atoms with Gasteiger partial charge < -0.3 is 9.64 Å². The third-order valence-electron chi connectivity index (χ3n) is 4.17. The van der Waals surface area contributed by atoms with Gasteiger partial charge in [-0.1, -0.05) is 13.0 Å². The number of piperidine rings is 1. The standard InChI is InChI=1S/C18H22N4O2/c1-2-14-11-20-18(21-12-14)24-16-6-4-8-22(13-16)17(23)9-15-5-3-7-19-10-15/h3,5,7,10-12,16H,2,4,6,8-9,13H2,1H3. The molecule has 1 fully saturated rings. The third-order valence-corrected chi connectivity index (χ3v) is 4.17. The smallest absolute Gasteiger partial charge is 0.316 e. The number of ether oxygens (including phenoxy) is 1. The second-order valence-corrected chi connectivity index (χ2v) is 5.99. The van der Waals surface area contributed by atoms with Gasteiger partial charge in [-0.25, -0.2) is 9.97 Å². The number of aryl methyl sites for hydroxylation is 1. The van der Waals surface area contributed by atoms with Crippen LogP contribution < -0.4 is 4.74 Å². The van der Waals surface area contributed by atoms with Gasteiger partial charge in [-0.3, -0.25) is 9.78 Å².